The van der Waals surface area contributed by atoms with Crippen molar-refractivity contribution in [1.29, 1.82) is 0 Å². The summed E-state index contributed by atoms with van der Waals surface area (Å²) in [6.07, 6.45) is 0.219. The zero-order valence-corrected chi connectivity index (χ0v) is 14.8. The number of carbonyl (C=O) groups is 1. The molecule has 1 unspecified atom stereocenters. The number of hydrogen-bond donors (Lipinski definition) is 0. The Hall–Kier alpha value is -2.13. The molecule has 1 fully saturated rings. The number of ketones is 1. The molecule has 0 N–H and O–H groups in total. The molecule has 0 bridgehead atoms. The first-order valence-corrected chi connectivity index (χ1v) is 8.35. The van der Waals surface area contributed by atoms with Gasteiger partial charge in [0.2, 0.25) is 0 Å². The first-order chi connectivity index (χ1) is 11.3. The van der Waals surface area contributed by atoms with E-state index >= 15 is 0 Å². The van der Waals surface area contributed by atoms with E-state index in [1.54, 1.807) is 0 Å². The van der Waals surface area contributed by atoms with Gasteiger partial charge in [-0.15, -0.1) is 0 Å². The van der Waals surface area contributed by atoms with Crippen LogP contribution in [0.5, 0.6) is 5.75 Å². The highest BCUT2D eigenvalue weighted by atomic mass is 16.6. The van der Waals surface area contributed by atoms with Crippen molar-refractivity contribution in [3.05, 3.63) is 64.7 Å². The third-order valence-corrected chi connectivity index (χ3v) is 4.20. The van der Waals surface area contributed by atoms with Gasteiger partial charge in [-0.1, -0.05) is 50.6 Å². The average molecular weight is 324 g/mol. The zero-order chi connectivity index (χ0) is 17.3. The fraction of sp³-hybridized carbons (Fsp3) is 0.381. The minimum atomic E-state index is -0.148. The molecular weight excluding hydrogens is 300 g/mol. The SMILES string of the molecule is Cc1ccc(C(=O)c2ccc(OCC3CO3)cc2C(C)(C)C)cc1. The van der Waals surface area contributed by atoms with Crippen LogP contribution in [0.25, 0.3) is 0 Å². The number of hydrogen-bond acceptors (Lipinski definition) is 3. The van der Waals surface area contributed by atoms with Gasteiger partial charge in [-0.05, 0) is 36.1 Å². The van der Waals surface area contributed by atoms with Gasteiger partial charge in [0.05, 0.1) is 6.61 Å². The van der Waals surface area contributed by atoms with Gasteiger partial charge in [0.1, 0.15) is 18.5 Å². The first-order valence-electron chi connectivity index (χ1n) is 8.35. The molecule has 1 heterocycles. The Morgan fingerprint density at radius 1 is 1.17 bits per heavy atom. The lowest BCUT2D eigenvalue weighted by Crippen LogP contribution is -2.18. The van der Waals surface area contributed by atoms with E-state index in [0.717, 1.165) is 29.0 Å². The number of epoxide rings is 1. The van der Waals surface area contributed by atoms with Crippen LogP contribution in [-0.2, 0) is 10.2 Å². The van der Waals surface area contributed by atoms with Crippen LogP contribution in [0.2, 0.25) is 0 Å². The van der Waals surface area contributed by atoms with E-state index in [1.807, 2.05) is 49.4 Å². The van der Waals surface area contributed by atoms with Crippen molar-refractivity contribution in [3.63, 3.8) is 0 Å². The molecule has 0 saturated carbocycles. The number of carbonyl (C=O) groups excluding carboxylic acids is 1. The minimum absolute atomic E-state index is 0.0528. The molecule has 0 amide bonds. The van der Waals surface area contributed by atoms with Crippen LogP contribution in [0.4, 0.5) is 0 Å². The molecule has 2 aromatic carbocycles. The Labute approximate surface area is 143 Å². The smallest absolute Gasteiger partial charge is 0.193 e. The second-order valence-electron chi connectivity index (χ2n) is 7.42. The Balaban J connectivity index is 1.93. The molecule has 1 atom stereocenters. The molecular formula is C21H24O3. The van der Waals surface area contributed by atoms with E-state index in [9.17, 15) is 4.79 Å². The van der Waals surface area contributed by atoms with E-state index in [0.29, 0.717) is 12.2 Å². The van der Waals surface area contributed by atoms with Gasteiger partial charge in [-0.2, -0.15) is 0 Å². The third-order valence-electron chi connectivity index (χ3n) is 4.20. The highest BCUT2D eigenvalue weighted by Crippen LogP contribution is 2.31. The maximum Gasteiger partial charge on any atom is 0.193 e. The van der Waals surface area contributed by atoms with Crippen LogP contribution in [0.1, 0.15) is 47.8 Å². The lowest BCUT2D eigenvalue weighted by atomic mass is 9.81. The Morgan fingerprint density at radius 2 is 1.83 bits per heavy atom. The van der Waals surface area contributed by atoms with Gasteiger partial charge in [0.15, 0.2) is 5.78 Å². The van der Waals surface area contributed by atoms with Crippen LogP contribution in [-0.4, -0.2) is 25.1 Å². The molecule has 24 heavy (non-hydrogen) atoms. The molecule has 1 saturated heterocycles. The Morgan fingerprint density at radius 3 is 2.42 bits per heavy atom. The summed E-state index contributed by atoms with van der Waals surface area (Å²) >= 11 is 0. The lowest BCUT2D eigenvalue weighted by Gasteiger charge is -2.23. The van der Waals surface area contributed by atoms with E-state index in [1.165, 1.54) is 0 Å². The third kappa shape index (κ3) is 3.85. The van der Waals surface area contributed by atoms with Crippen LogP contribution >= 0.6 is 0 Å². The summed E-state index contributed by atoms with van der Waals surface area (Å²) in [6.45, 7) is 9.70. The molecule has 3 rings (SSSR count). The van der Waals surface area contributed by atoms with Crippen molar-refractivity contribution in [2.45, 2.75) is 39.2 Å². The highest BCUT2D eigenvalue weighted by molar-refractivity contribution is 6.10. The lowest BCUT2D eigenvalue weighted by molar-refractivity contribution is 0.103. The molecule has 3 heteroatoms. The highest BCUT2D eigenvalue weighted by Gasteiger charge is 2.25. The average Bonchev–Trinajstić information content (AvgIpc) is 3.36. The van der Waals surface area contributed by atoms with Crippen LogP contribution < -0.4 is 4.74 Å². The Bertz CT molecular complexity index is 735. The van der Waals surface area contributed by atoms with Gasteiger partial charge in [-0.3, -0.25) is 4.79 Å². The Kier molecular flexibility index (Phi) is 4.46. The molecule has 3 nitrogen and oxygen atoms in total. The standard InChI is InChI=1S/C21H24O3/c1-14-5-7-15(8-6-14)20(22)18-10-9-16(23-12-17-13-24-17)11-19(18)21(2,3)4/h5-11,17H,12-13H2,1-4H3. The molecule has 0 aliphatic carbocycles. The van der Waals surface area contributed by atoms with Gasteiger partial charge in [0.25, 0.3) is 0 Å². The predicted molar refractivity (Wildman–Crippen MR) is 95.0 cm³/mol. The normalized spacial score (nSPS) is 16.8. The summed E-state index contributed by atoms with van der Waals surface area (Å²) in [5, 5.41) is 0. The van der Waals surface area contributed by atoms with E-state index in [-0.39, 0.29) is 17.3 Å². The minimum Gasteiger partial charge on any atom is -0.491 e. The largest absolute Gasteiger partial charge is 0.491 e. The number of benzene rings is 2. The predicted octanol–water partition coefficient (Wildman–Crippen LogP) is 4.30. The molecule has 0 spiro atoms. The van der Waals surface area contributed by atoms with Gasteiger partial charge >= 0.3 is 0 Å². The molecule has 0 aromatic heterocycles. The van der Waals surface area contributed by atoms with E-state index in [2.05, 4.69) is 20.8 Å². The number of rotatable bonds is 5. The second kappa shape index (κ2) is 6.40. The van der Waals surface area contributed by atoms with Crippen LogP contribution in [0.3, 0.4) is 0 Å². The quantitative estimate of drug-likeness (QED) is 0.608. The van der Waals surface area contributed by atoms with Crippen molar-refractivity contribution in [2.24, 2.45) is 0 Å². The fourth-order valence-corrected chi connectivity index (χ4v) is 2.65. The van der Waals surface area contributed by atoms with Crippen molar-refractivity contribution in [1.82, 2.24) is 0 Å². The van der Waals surface area contributed by atoms with Crippen molar-refractivity contribution in [2.75, 3.05) is 13.2 Å². The summed E-state index contributed by atoms with van der Waals surface area (Å²) in [4.78, 5) is 13.0. The van der Waals surface area contributed by atoms with Gasteiger partial charge in [0, 0.05) is 11.1 Å². The molecule has 2 aromatic rings. The van der Waals surface area contributed by atoms with Gasteiger partial charge < -0.3 is 9.47 Å². The van der Waals surface area contributed by atoms with Crippen molar-refractivity contribution < 1.29 is 14.3 Å². The monoisotopic (exact) mass is 324 g/mol. The fourth-order valence-electron chi connectivity index (χ4n) is 2.65. The van der Waals surface area contributed by atoms with Crippen molar-refractivity contribution in [3.8, 4) is 5.75 Å². The second-order valence-corrected chi connectivity index (χ2v) is 7.42. The molecule has 0 radical (unpaired) electrons. The molecule has 1 aliphatic rings. The maximum absolute atomic E-state index is 13.0. The topological polar surface area (TPSA) is 38.8 Å². The summed E-state index contributed by atoms with van der Waals surface area (Å²) in [7, 11) is 0. The van der Waals surface area contributed by atoms with Crippen molar-refractivity contribution >= 4 is 5.78 Å². The number of aryl methyl sites for hydroxylation is 1. The van der Waals surface area contributed by atoms with E-state index in [4.69, 9.17) is 9.47 Å². The molecule has 1 aliphatic heterocycles. The summed E-state index contributed by atoms with van der Waals surface area (Å²) in [5.41, 5.74) is 3.45. The van der Waals surface area contributed by atoms with Crippen LogP contribution in [0.15, 0.2) is 42.5 Å². The maximum atomic E-state index is 13.0. The summed E-state index contributed by atoms with van der Waals surface area (Å²) in [6, 6.07) is 13.5. The van der Waals surface area contributed by atoms with Gasteiger partial charge in [-0.25, -0.2) is 0 Å². The van der Waals surface area contributed by atoms with E-state index < -0.39 is 0 Å². The zero-order valence-electron chi connectivity index (χ0n) is 14.8. The number of ether oxygens (including phenoxy) is 2. The molecule has 126 valence electrons. The summed E-state index contributed by atoms with van der Waals surface area (Å²) < 4.78 is 11.0. The first kappa shape index (κ1) is 16.7. The summed E-state index contributed by atoms with van der Waals surface area (Å²) in [5.74, 6) is 0.841. The van der Waals surface area contributed by atoms with Crippen LogP contribution in [0, 0.1) is 6.92 Å².